The molecule has 1 aliphatic rings. The molecular weight excluding hydrogens is 468 g/mol. The zero-order chi connectivity index (χ0) is 27.1. The van der Waals surface area contributed by atoms with Crippen molar-refractivity contribution in [2.75, 3.05) is 20.2 Å². The Morgan fingerprint density at radius 2 is 1.78 bits per heavy atom. The highest BCUT2D eigenvalue weighted by molar-refractivity contribution is 5.95. The molecule has 0 bridgehead atoms. The SMILES string of the molecule is CCCC(CCC)C(=O)N[C@H](CC(=O)OC)C(=O)N1CCC[C@H]1C(=O)N[C@@H](C=O)CCCN=C(N)N. The van der Waals surface area contributed by atoms with E-state index in [4.69, 9.17) is 16.2 Å². The molecule has 1 aliphatic heterocycles. The van der Waals surface area contributed by atoms with E-state index in [-0.39, 0.29) is 24.2 Å². The van der Waals surface area contributed by atoms with E-state index in [1.54, 1.807) is 0 Å². The van der Waals surface area contributed by atoms with Crippen LogP contribution in [0.5, 0.6) is 0 Å². The van der Waals surface area contributed by atoms with Gasteiger partial charge in [-0.05, 0) is 38.5 Å². The molecule has 12 nitrogen and oxygen atoms in total. The minimum atomic E-state index is -1.14. The van der Waals surface area contributed by atoms with Crippen LogP contribution in [0.2, 0.25) is 0 Å². The van der Waals surface area contributed by atoms with Gasteiger partial charge in [0.25, 0.3) is 0 Å². The number of rotatable bonds is 16. The highest BCUT2D eigenvalue weighted by atomic mass is 16.5. The summed E-state index contributed by atoms with van der Waals surface area (Å²) in [5.41, 5.74) is 10.6. The van der Waals surface area contributed by atoms with Gasteiger partial charge in [-0.3, -0.25) is 24.2 Å². The molecule has 0 radical (unpaired) electrons. The number of esters is 1. The fourth-order valence-electron chi connectivity index (χ4n) is 4.32. The summed E-state index contributed by atoms with van der Waals surface area (Å²) in [5.74, 6) is -2.23. The molecule has 0 aromatic heterocycles. The fourth-order valence-corrected chi connectivity index (χ4v) is 4.32. The summed E-state index contributed by atoms with van der Waals surface area (Å²) in [6, 6.07) is -2.70. The summed E-state index contributed by atoms with van der Waals surface area (Å²) >= 11 is 0. The van der Waals surface area contributed by atoms with Gasteiger partial charge in [0.15, 0.2) is 5.96 Å². The molecule has 12 heteroatoms. The maximum atomic E-state index is 13.4. The topological polar surface area (TPSA) is 186 Å². The molecule has 1 heterocycles. The number of likely N-dealkylation sites (tertiary alicyclic amines) is 1. The van der Waals surface area contributed by atoms with Crippen LogP contribution in [-0.2, 0) is 28.7 Å². The number of guanidine groups is 1. The van der Waals surface area contributed by atoms with Crippen molar-refractivity contribution in [2.24, 2.45) is 22.4 Å². The van der Waals surface area contributed by atoms with Crippen molar-refractivity contribution in [1.29, 1.82) is 0 Å². The average molecular weight is 511 g/mol. The first-order valence-electron chi connectivity index (χ1n) is 12.7. The average Bonchev–Trinajstić information content (AvgIpc) is 3.34. The van der Waals surface area contributed by atoms with Crippen molar-refractivity contribution in [3.05, 3.63) is 0 Å². The molecule has 0 saturated carbocycles. The lowest BCUT2D eigenvalue weighted by molar-refractivity contribution is -0.147. The summed E-state index contributed by atoms with van der Waals surface area (Å²) in [4.78, 5) is 68.0. The van der Waals surface area contributed by atoms with Crippen LogP contribution >= 0.6 is 0 Å². The molecule has 0 unspecified atom stereocenters. The molecule has 0 aromatic rings. The number of carbonyl (C=O) groups excluding carboxylic acids is 5. The number of methoxy groups -OCH3 is 1. The molecule has 1 fully saturated rings. The van der Waals surface area contributed by atoms with E-state index < -0.39 is 35.9 Å². The van der Waals surface area contributed by atoms with Crippen LogP contribution in [-0.4, -0.2) is 79.2 Å². The van der Waals surface area contributed by atoms with E-state index in [9.17, 15) is 24.0 Å². The lowest BCUT2D eigenvalue weighted by Gasteiger charge is -2.29. The van der Waals surface area contributed by atoms with Crippen LogP contribution in [0.15, 0.2) is 4.99 Å². The van der Waals surface area contributed by atoms with E-state index >= 15 is 0 Å². The molecule has 3 atom stereocenters. The Balaban J connectivity index is 2.92. The molecule has 0 aliphatic carbocycles. The summed E-state index contributed by atoms with van der Waals surface area (Å²) in [6.45, 7) is 4.58. The van der Waals surface area contributed by atoms with Crippen molar-refractivity contribution in [3.63, 3.8) is 0 Å². The smallest absolute Gasteiger partial charge is 0.308 e. The second-order valence-electron chi connectivity index (χ2n) is 9.01. The largest absolute Gasteiger partial charge is 0.469 e. The normalized spacial score (nSPS) is 16.7. The Kier molecular flexibility index (Phi) is 14.1. The molecule has 204 valence electrons. The maximum absolute atomic E-state index is 13.4. The summed E-state index contributed by atoms with van der Waals surface area (Å²) in [5, 5.41) is 5.41. The number of carbonyl (C=O) groups is 5. The quantitative estimate of drug-likeness (QED) is 0.0733. The van der Waals surface area contributed by atoms with Gasteiger partial charge in [0.2, 0.25) is 17.7 Å². The second-order valence-corrected chi connectivity index (χ2v) is 9.01. The van der Waals surface area contributed by atoms with Gasteiger partial charge in [-0.15, -0.1) is 0 Å². The zero-order valence-corrected chi connectivity index (χ0v) is 21.7. The number of nitrogens with one attached hydrogen (secondary N) is 2. The van der Waals surface area contributed by atoms with Crippen LogP contribution in [0.1, 0.15) is 71.6 Å². The third kappa shape index (κ3) is 10.2. The first kappa shape index (κ1) is 30.9. The summed E-state index contributed by atoms with van der Waals surface area (Å²) < 4.78 is 4.73. The summed E-state index contributed by atoms with van der Waals surface area (Å²) in [7, 11) is 1.21. The van der Waals surface area contributed by atoms with Crippen LogP contribution in [0.3, 0.4) is 0 Å². The number of hydrogen-bond donors (Lipinski definition) is 4. The van der Waals surface area contributed by atoms with E-state index in [0.29, 0.717) is 57.9 Å². The molecule has 6 N–H and O–H groups in total. The minimum absolute atomic E-state index is 0.0499. The number of aldehydes is 1. The lowest BCUT2D eigenvalue weighted by Crippen LogP contribution is -2.55. The highest BCUT2D eigenvalue weighted by Crippen LogP contribution is 2.21. The first-order chi connectivity index (χ1) is 17.2. The van der Waals surface area contributed by atoms with Gasteiger partial charge in [-0.25, -0.2) is 0 Å². The predicted molar refractivity (Wildman–Crippen MR) is 135 cm³/mol. The van der Waals surface area contributed by atoms with E-state index in [1.807, 2.05) is 13.8 Å². The maximum Gasteiger partial charge on any atom is 0.308 e. The standard InChI is InChI=1S/C24H42N6O6/c1-4-8-16(9-5-2)21(33)29-18(14-20(32)36-3)23(35)30-13-7-11-19(30)22(34)28-17(15-31)10-6-12-27-24(25)26/h15-19H,4-14H2,1-3H3,(H,28,34)(H,29,33)(H4,25,26,27)/t17-,18-,19+/m1/s1. The molecule has 1 saturated heterocycles. The van der Waals surface area contributed by atoms with Crippen LogP contribution in [0.25, 0.3) is 0 Å². The number of nitrogens with two attached hydrogens (primary N) is 2. The number of hydrogen-bond acceptors (Lipinski definition) is 7. The van der Waals surface area contributed by atoms with E-state index in [2.05, 4.69) is 15.6 Å². The lowest BCUT2D eigenvalue weighted by atomic mass is 9.96. The van der Waals surface area contributed by atoms with E-state index in [1.165, 1.54) is 12.0 Å². The monoisotopic (exact) mass is 510 g/mol. The predicted octanol–water partition coefficient (Wildman–Crippen LogP) is -0.0210. The second kappa shape index (κ2) is 16.5. The fraction of sp³-hybridized carbons (Fsp3) is 0.750. The van der Waals surface area contributed by atoms with Crippen molar-refractivity contribution < 1.29 is 28.7 Å². The van der Waals surface area contributed by atoms with Crippen molar-refractivity contribution >= 4 is 35.9 Å². The third-order valence-electron chi connectivity index (χ3n) is 6.16. The number of amides is 3. The van der Waals surface area contributed by atoms with Gasteiger partial charge in [0, 0.05) is 19.0 Å². The Bertz CT molecular complexity index is 779. The third-order valence-corrected chi connectivity index (χ3v) is 6.16. The molecular formula is C24H42N6O6. The summed E-state index contributed by atoms with van der Waals surface area (Å²) in [6.07, 6.45) is 5.07. The number of aliphatic imine (C=N–C) groups is 1. The van der Waals surface area contributed by atoms with Gasteiger partial charge in [0.1, 0.15) is 18.4 Å². The van der Waals surface area contributed by atoms with Crippen molar-refractivity contribution in [2.45, 2.75) is 89.8 Å². The van der Waals surface area contributed by atoms with Gasteiger partial charge in [-0.2, -0.15) is 0 Å². The van der Waals surface area contributed by atoms with Gasteiger partial charge < -0.3 is 36.5 Å². The Morgan fingerprint density at radius 1 is 1.11 bits per heavy atom. The molecule has 3 amide bonds. The molecule has 36 heavy (non-hydrogen) atoms. The minimum Gasteiger partial charge on any atom is -0.469 e. The molecule has 0 spiro atoms. The van der Waals surface area contributed by atoms with Crippen molar-refractivity contribution in [3.8, 4) is 0 Å². The Labute approximate surface area is 212 Å². The van der Waals surface area contributed by atoms with Gasteiger partial charge in [-0.1, -0.05) is 26.7 Å². The van der Waals surface area contributed by atoms with Crippen LogP contribution in [0, 0.1) is 5.92 Å². The molecule has 1 rings (SSSR count). The number of ether oxygens (including phenoxy) is 1. The first-order valence-corrected chi connectivity index (χ1v) is 12.7. The van der Waals surface area contributed by atoms with E-state index in [0.717, 1.165) is 12.8 Å². The van der Waals surface area contributed by atoms with Gasteiger partial charge >= 0.3 is 5.97 Å². The van der Waals surface area contributed by atoms with Crippen LogP contribution < -0.4 is 22.1 Å². The van der Waals surface area contributed by atoms with Gasteiger partial charge in [0.05, 0.1) is 19.6 Å². The molecule has 0 aromatic carbocycles. The Hall–Kier alpha value is -3.18. The highest BCUT2D eigenvalue weighted by Gasteiger charge is 2.39. The van der Waals surface area contributed by atoms with Crippen molar-refractivity contribution in [1.82, 2.24) is 15.5 Å². The number of nitrogens with zero attached hydrogens (tertiary/aromatic N) is 2. The zero-order valence-electron chi connectivity index (χ0n) is 21.7. The van der Waals surface area contributed by atoms with Crippen LogP contribution in [0.4, 0.5) is 0 Å². The Morgan fingerprint density at radius 3 is 2.33 bits per heavy atom.